The number of benzene rings is 3. The lowest BCUT2D eigenvalue weighted by Gasteiger charge is -2.18. The Bertz CT molecular complexity index is 1320. The van der Waals surface area contributed by atoms with Crippen molar-refractivity contribution in [3.8, 4) is 11.5 Å². The van der Waals surface area contributed by atoms with E-state index in [0.717, 1.165) is 39.5 Å². The molecule has 0 amide bonds. The fourth-order valence-electron chi connectivity index (χ4n) is 4.57. The minimum atomic E-state index is -0.695. The van der Waals surface area contributed by atoms with Crippen LogP contribution in [0.2, 0.25) is 0 Å². The largest absolute Gasteiger partial charge is 0.491 e. The maximum Gasteiger partial charge on any atom is 0.148 e. The maximum absolute atomic E-state index is 10.9. The predicted molar refractivity (Wildman–Crippen MR) is 141 cm³/mol. The van der Waals surface area contributed by atoms with Crippen molar-refractivity contribution in [1.29, 1.82) is 0 Å². The molecule has 0 fully saturated rings. The lowest BCUT2D eigenvalue weighted by molar-refractivity contribution is 0.0914. The molecule has 1 aromatic heterocycles. The molecule has 0 aliphatic carbocycles. The Hall–Kier alpha value is -3.31. The molecule has 0 saturated carbocycles. The van der Waals surface area contributed by atoms with Gasteiger partial charge in [0.15, 0.2) is 0 Å². The Kier molecular flexibility index (Phi) is 7.46. The number of para-hydroxylation sites is 2. The number of hydrogen-bond acceptors (Lipinski definition) is 4. The fourth-order valence-corrected chi connectivity index (χ4v) is 4.57. The summed E-state index contributed by atoms with van der Waals surface area (Å²) in [6.07, 6.45) is -0.695. The van der Waals surface area contributed by atoms with Gasteiger partial charge in [-0.1, -0.05) is 38.1 Å². The smallest absolute Gasteiger partial charge is 0.148 e. The minimum absolute atomic E-state index is 0.201. The van der Waals surface area contributed by atoms with Crippen molar-refractivity contribution in [1.82, 2.24) is 9.55 Å². The predicted octanol–water partition coefficient (Wildman–Crippen LogP) is 6.41. The molecule has 0 radical (unpaired) electrons. The van der Waals surface area contributed by atoms with Crippen molar-refractivity contribution >= 4 is 11.0 Å². The van der Waals surface area contributed by atoms with Gasteiger partial charge in [0.1, 0.15) is 36.6 Å². The monoisotopic (exact) mass is 472 g/mol. The van der Waals surface area contributed by atoms with E-state index in [9.17, 15) is 5.11 Å². The van der Waals surface area contributed by atoms with Crippen LogP contribution in [0.5, 0.6) is 11.5 Å². The molecule has 5 heteroatoms. The number of aryl methyl sites for hydroxylation is 3. The standard InChI is InChI=1S/C30H36N2O3/c1-19(2)26-12-11-25(15-22(26)5)34-18-30-31-27-9-7-8-10-28(27)32(30)16-24(33)17-35-29-14-20(3)13-21(4)23(29)6/h7-15,19,24,33H,16-18H2,1-6H3. The summed E-state index contributed by atoms with van der Waals surface area (Å²) in [5, 5.41) is 10.9. The van der Waals surface area contributed by atoms with E-state index in [1.165, 1.54) is 16.7 Å². The summed E-state index contributed by atoms with van der Waals surface area (Å²) in [6, 6.07) is 18.4. The van der Waals surface area contributed by atoms with E-state index in [2.05, 4.69) is 52.8 Å². The molecule has 35 heavy (non-hydrogen) atoms. The van der Waals surface area contributed by atoms with Gasteiger partial charge in [-0.3, -0.25) is 0 Å². The van der Waals surface area contributed by atoms with E-state index in [0.29, 0.717) is 19.1 Å². The number of aliphatic hydroxyl groups is 1. The van der Waals surface area contributed by atoms with E-state index in [-0.39, 0.29) is 6.61 Å². The molecule has 4 rings (SSSR count). The number of nitrogens with zero attached hydrogens (tertiary/aromatic N) is 2. The third-order valence-corrected chi connectivity index (χ3v) is 6.55. The molecule has 0 bridgehead atoms. The zero-order valence-corrected chi connectivity index (χ0v) is 21.6. The third-order valence-electron chi connectivity index (χ3n) is 6.55. The number of aliphatic hydroxyl groups excluding tert-OH is 1. The topological polar surface area (TPSA) is 56.5 Å². The van der Waals surface area contributed by atoms with Crippen molar-refractivity contribution in [3.63, 3.8) is 0 Å². The summed E-state index contributed by atoms with van der Waals surface area (Å²) in [7, 11) is 0. The highest BCUT2D eigenvalue weighted by Crippen LogP contribution is 2.26. The molecule has 184 valence electrons. The van der Waals surface area contributed by atoms with Crippen LogP contribution in [0, 0.1) is 27.7 Å². The summed E-state index contributed by atoms with van der Waals surface area (Å²) in [5.41, 5.74) is 7.84. The minimum Gasteiger partial charge on any atom is -0.491 e. The van der Waals surface area contributed by atoms with Gasteiger partial charge in [-0.15, -0.1) is 0 Å². The van der Waals surface area contributed by atoms with Crippen molar-refractivity contribution in [2.45, 2.75) is 66.7 Å². The average Bonchev–Trinajstić information content (AvgIpc) is 3.16. The van der Waals surface area contributed by atoms with Gasteiger partial charge in [-0.05, 0) is 91.8 Å². The second kappa shape index (κ2) is 10.5. The summed E-state index contributed by atoms with van der Waals surface area (Å²) in [5.74, 6) is 2.89. The van der Waals surface area contributed by atoms with Crippen LogP contribution in [-0.4, -0.2) is 27.4 Å². The Morgan fingerprint density at radius 2 is 1.69 bits per heavy atom. The molecular formula is C30H36N2O3. The number of rotatable bonds is 9. The van der Waals surface area contributed by atoms with Crippen molar-refractivity contribution < 1.29 is 14.6 Å². The van der Waals surface area contributed by atoms with Gasteiger partial charge in [0, 0.05) is 0 Å². The first-order chi connectivity index (χ1) is 16.7. The summed E-state index contributed by atoms with van der Waals surface area (Å²) >= 11 is 0. The molecule has 0 aliphatic heterocycles. The zero-order chi connectivity index (χ0) is 25.1. The van der Waals surface area contributed by atoms with E-state index in [1.54, 1.807) is 0 Å². The van der Waals surface area contributed by atoms with Crippen molar-refractivity contribution in [2.75, 3.05) is 6.61 Å². The van der Waals surface area contributed by atoms with E-state index < -0.39 is 6.10 Å². The average molecular weight is 473 g/mol. The lowest BCUT2D eigenvalue weighted by Crippen LogP contribution is -2.25. The van der Waals surface area contributed by atoms with Crippen molar-refractivity contribution in [3.05, 3.63) is 88.2 Å². The molecule has 5 nitrogen and oxygen atoms in total. The van der Waals surface area contributed by atoms with Gasteiger partial charge in [0.2, 0.25) is 0 Å². The van der Waals surface area contributed by atoms with Crippen LogP contribution < -0.4 is 9.47 Å². The number of aromatic nitrogens is 2. The van der Waals surface area contributed by atoms with E-state index in [1.807, 2.05) is 47.9 Å². The maximum atomic E-state index is 10.9. The molecular weight excluding hydrogens is 436 g/mol. The van der Waals surface area contributed by atoms with Gasteiger partial charge in [-0.2, -0.15) is 0 Å². The lowest BCUT2D eigenvalue weighted by atomic mass is 9.98. The quantitative estimate of drug-likeness (QED) is 0.306. The molecule has 1 heterocycles. The molecule has 0 spiro atoms. The van der Waals surface area contributed by atoms with E-state index >= 15 is 0 Å². The highest BCUT2D eigenvalue weighted by molar-refractivity contribution is 5.75. The normalized spacial score (nSPS) is 12.3. The fraction of sp³-hybridized carbons (Fsp3) is 0.367. The molecule has 0 saturated heterocycles. The zero-order valence-electron chi connectivity index (χ0n) is 21.6. The van der Waals surface area contributed by atoms with Crippen LogP contribution in [0.1, 0.15) is 53.4 Å². The molecule has 1 N–H and O–H groups in total. The van der Waals surface area contributed by atoms with Gasteiger partial charge in [-0.25, -0.2) is 4.98 Å². The van der Waals surface area contributed by atoms with Crippen molar-refractivity contribution in [2.24, 2.45) is 0 Å². The Balaban J connectivity index is 1.50. The summed E-state index contributed by atoms with van der Waals surface area (Å²) in [4.78, 5) is 4.79. The van der Waals surface area contributed by atoms with Gasteiger partial charge < -0.3 is 19.1 Å². The Morgan fingerprint density at radius 3 is 2.43 bits per heavy atom. The second-order valence-corrected chi connectivity index (χ2v) is 9.76. The Labute approximate surface area is 208 Å². The molecule has 1 unspecified atom stereocenters. The number of hydrogen-bond donors (Lipinski definition) is 1. The highest BCUT2D eigenvalue weighted by Gasteiger charge is 2.16. The van der Waals surface area contributed by atoms with Crippen LogP contribution in [0.15, 0.2) is 54.6 Å². The van der Waals surface area contributed by atoms with Gasteiger partial charge in [0.05, 0.1) is 17.6 Å². The van der Waals surface area contributed by atoms with Crippen LogP contribution in [0.4, 0.5) is 0 Å². The van der Waals surface area contributed by atoms with E-state index in [4.69, 9.17) is 14.5 Å². The van der Waals surface area contributed by atoms with Crippen LogP contribution in [0.25, 0.3) is 11.0 Å². The number of imidazole rings is 1. The first-order valence-electron chi connectivity index (χ1n) is 12.3. The van der Waals surface area contributed by atoms with Crippen LogP contribution >= 0.6 is 0 Å². The third kappa shape index (κ3) is 5.68. The molecule has 3 aromatic carbocycles. The second-order valence-electron chi connectivity index (χ2n) is 9.76. The first-order valence-corrected chi connectivity index (χ1v) is 12.3. The molecule has 4 aromatic rings. The SMILES string of the molecule is Cc1cc(C)c(C)c(OCC(O)Cn2c(COc3ccc(C(C)C)c(C)c3)nc3ccccc32)c1. The van der Waals surface area contributed by atoms with Gasteiger partial charge in [0.25, 0.3) is 0 Å². The molecule has 0 aliphatic rings. The van der Waals surface area contributed by atoms with Crippen LogP contribution in [0.3, 0.4) is 0 Å². The summed E-state index contributed by atoms with van der Waals surface area (Å²) < 4.78 is 14.2. The number of fused-ring (bicyclic) bond motifs is 1. The highest BCUT2D eigenvalue weighted by atomic mass is 16.5. The Morgan fingerprint density at radius 1 is 0.914 bits per heavy atom. The van der Waals surface area contributed by atoms with Gasteiger partial charge >= 0.3 is 0 Å². The van der Waals surface area contributed by atoms with Crippen LogP contribution in [-0.2, 0) is 13.2 Å². The number of ether oxygens (including phenoxy) is 2. The molecule has 1 atom stereocenters. The first kappa shape index (κ1) is 24.8. The summed E-state index contributed by atoms with van der Waals surface area (Å²) in [6.45, 7) is 13.6.